The third-order valence-corrected chi connectivity index (χ3v) is 6.08. The predicted molar refractivity (Wildman–Crippen MR) is 126 cm³/mol. The normalized spacial score (nSPS) is 11.6. The number of nitrogens with zero attached hydrogens (tertiary/aromatic N) is 2. The van der Waals surface area contributed by atoms with E-state index in [4.69, 9.17) is 0 Å². The van der Waals surface area contributed by atoms with E-state index in [1.165, 1.54) is 0 Å². The maximum atomic E-state index is 12.0. The second-order valence-corrected chi connectivity index (χ2v) is 9.57. The second-order valence-electron chi connectivity index (χ2n) is 6.76. The van der Waals surface area contributed by atoms with Crippen LogP contribution in [0.4, 0.5) is 17.1 Å². The summed E-state index contributed by atoms with van der Waals surface area (Å²) in [6, 6.07) is 9.32. The van der Waals surface area contributed by atoms with Gasteiger partial charge in [0.1, 0.15) is 10.6 Å². The monoisotopic (exact) mass is 525 g/mol. The van der Waals surface area contributed by atoms with Crippen LogP contribution in [0.1, 0.15) is 12.5 Å². The number of phenolic OH excluding ortho intramolecular Hbond substituents is 1. The van der Waals surface area contributed by atoms with Gasteiger partial charge in [-0.2, -0.15) is 21.9 Å². The van der Waals surface area contributed by atoms with E-state index >= 15 is 0 Å². The zero-order valence-electron chi connectivity index (χ0n) is 18.6. The Kier molecular flexibility index (Phi) is 10.4. The third kappa shape index (κ3) is 6.85. The fraction of sp³-hybridized carbons (Fsp3) is 0.105. The molecule has 1 amide bonds. The molecule has 3 rings (SSSR count). The predicted octanol–water partition coefficient (Wildman–Crippen LogP) is 2.96. The molecule has 0 spiro atoms. The summed E-state index contributed by atoms with van der Waals surface area (Å²) in [5.74, 6) is -1.43. The van der Waals surface area contributed by atoms with Gasteiger partial charge in [-0.3, -0.25) is 13.9 Å². The molecule has 0 bridgehead atoms. The number of carbonyl (C=O) groups is 1. The first kappa shape index (κ1) is 30.6. The third-order valence-electron chi connectivity index (χ3n) is 4.38. The molecule has 0 aliphatic rings. The Balaban J connectivity index is 0.00000289. The van der Waals surface area contributed by atoms with Gasteiger partial charge in [-0.1, -0.05) is 18.2 Å². The molecule has 15 heteroatoms. The van der Waals surface area contributed by atoms with Crippen molar-refractivity contribution >= 4 is 113 Å². The first-order valence-corrected chi connectivity index (χ1v) is 11.7. The number of nitrogens with one attached hydrogen (secondary N) is 1. The SMILES string of the molecule is CC(=O)Nc1cc(S(=O)(=O)O)cc2cc(S(=O)(=O)O)c(N=Nc3ccccc3C)c(O)c12.[Na].[Na]. The number of carbonyl (C=O) groups excluding carboxylic acids is 1. The van der Waals surface area contributed by atoms with E-state index in [1.807, 2.05) is 0 Å². The molecule has 3 aromatic carbocycles. The van der Waals surface area contributed by atoms with E-state index in [9.17, 15) is 35.8 Å². The zero-order valence-corrected chi connectivity index (χ0v) is 24.3. The number of fused-ring (bicyclic) bond motifs is 1. The Hall–Kier alpha value is -1.39. The van der Waals surface area contributed by atoms with E-state index in [0.29, 0.717) is 11.3 Å². The van der Waals surface area contributed by atoms with Crippen molar-refractivity contribution in [3.63, 3.8) is 0 Å². The summed E-state index contributed by atoms with van der Waals surface area (Å²) in [6.45, 7) is 2.85. The first-order valence-electron chi connectivity index (χ1n) is 8.82. The van der Waals surface area contributed by atoms with Gasteiger partial charge in [-0.15, -0.1) is 5.11 Å². The van der Waals surface area contributed by atoms with Crippen LogP contribution in [0.15, 0.2) is 62.5 Å². The molecular formula is C19H17N3Na2O8S2. The van der Waals surface area contributed by atoms with Crippen LogP contribution in [0, 0.1) is 6.92 Å². The fourth-order valence-electron chi connectivity index (χ4n) is 2.97. The van der Waals surface area contributed by atoms with Gasteiger partial charge in [0.15, 0.2) is 5.75 Å². The molecule has 0 aromatic heterocycles. The minimum Gasteiger partial charge on any atom is -0.505 e. The Morgan fingerprint density at radius 2 is 1.56 bits per heavy atom. The Morgan fingerprint density at radius 3 is 2.09 bits per heavy atom. The van der Waals surface area contributed by atoms with Crippen LogP contribution in [0.25, 0.3) is 10.8 Å². The standard InChI is InChI=1S/C19H17N3O8S2.2Na/c1-10-5-3-4-6-14(10)21-22-18-16(32(28,29)30)8-12-7-13(31(25,26)27)9-15(20-11(2)23)17(12)19(18)24;;/h3-9,24H,1-2H3,(H,20,23)(H,25,26,27)(H,28,29,30);;. The summed E-state index contributed by atoms with van der Waals surface area (Å²) in [6.07, 6.45) is 0. The number of anilines is 1. The molecule has 0 aliphatic heterocycles. The topological polar surface area (TPSA) is 183 Å². The van der Waals surface area contributed by atoms with Gasteiger partial charge in [-0.25, -0.2) is 0 Å². The number of amides is 1. The molecule has 0 unspecified atom stereocenters. The van der Waals surface area contributed by atoms with Crippen LogP contribution in [-0.2, 0) is 25.0 Å². The van der Waals surface area contributed by atoms with Gasteiger partial charge in [0.2, 0.25) is 5.91 Å². The summed E-state index contributed by atoms with van der Waals surface area (Å²) in [7, 11) is -9.72. The van der Waals surface area contributed by atoms with Gasteiger partial charge in [0, 0.05) is 71.4 Å². The number of rotatable bonds is 5. The van der Waals surface area contributed by atoms with Gasteiger partial charge in [0.25, 0.3) is 20.2 Å². The molecule has 4 N–H and O–H groups in total. The molecule has 0 aliphatic carbocycles. The van der Waals surface area contributed by atoms with E-state index < -0.39 is 47.4 Å². The van der Waals surface area contributed by atoms with Crippen LogP contribution in [0.5, 0.6) is 5.75 Å². The van der Waals surface area contributed by atoms with E-state index in [-0.39, 0.29) is 75.6 Å². The Bertz CT molecular complexity index is 1510. The van der Waals surface area contributed by atoms with Crippen LogP contribution >= 0.6 is 0 Å². The summed E-state index contributed by atoms with van der Waals surface area (Å²) in [5.41, 5.74) is 0.183. The molecular weight excluding hydrogens is 508 g/mol. The second kappa shape index (κ2) is 11.6. The van der Waals surface area contributed by atoms with Crippen LogP contribution in [-0.4, -0.2) is 96.1 Å². The van der Waals surface area contributed by atoms with Crippen LogP contribution in [0.2, 0.25) is 0 Å². The molecule has 3 aromatic rings. The van der Waals surface area contributed by atoms with Gasteiger partial charge < -0.3 is 10.4 Å². The molecule has 0 saturated carbocycles. The number of aryl methyl sites for hydroxylation is 1. The van der Waals surface area contributed by atoms with Crippen molar-refractivity contribution in [3.05, 3.63) is 48.0 Å². The summed E-state index contributed by atoms with van der Waals surface area (Å²) < 4.78 is 66.3. The molecule has 0 heterocycles. The number of aromatic hydroxyl groups is 1. The molecule has 34 heavy (non-hydrogen) atoms. The summed E-state index contributed by atoms with van der Waals surface area (Å²) >= 11 is 0. The molecule has 170 valence electrons. The van der Waals surface area contributed by atoms with Crippen molar-refractivity contribution in [2.24, 2.45) is 10.2 Å². The summed E-state index contributed by atoms with van der Waals surface area (Å²) in [5, 5.41) is 20.5. The van der Waals surface area contributed by atoms with E-state index in [2.05, 4.69) is 15.5 Å². The summed E-state index contributed by atoms with van der Waals surface area (Å²) in [4.78, 5) is 10.1. The number of azo groups is 1. The quantitative estimate of drug-likeness (QED) is 0.223. The van der Waals surface area contributed by atoms with Crippen LogP contribution < -0.4 is 5.32 Å². The molecule has 0 atom stereocenters. The minimum atomic E-state index is -4.96. The van der Waals surface area contributed by atoms with Gasteiger partial charge in [0.05, 0.1) is 16.3 Å². The van der Waals surface area contributed by atoms with Crippen molar-refractivity contribution in [2.45, 2.75) is 23.6 Å². The van der Waals surface area contributed by atoms with E-state index in [0.717, 1.165) is 25.1 Å². The number of phenols is 1. The minimum absolute atomic E-state index is 0. The Labute approximate surface area is 239 Å². The number of hydrogen-bond donors (Lipinski definition) is 4. The van der Waals surface area contributed by atoms with Crippen molar-refractivity contribution in [3.8, 4) is 5.75 Å². The maximum absolute atomic E-state index is 12.0. The van der Waals surface area contributed by atoms with Gasteiger partial charge >= 0.3 is 0 Å². The maximum Gasteiger partial charge on any atom is 0.296 e. The van der Waals surface area contributed by atoms with Crippen molar-refractivity contribution in [1.29, 1.82) is 0 Å². The van der Waals surface area contributed by atoms with Crippen molar-refractivity contribution in [1.82, 2.24) is 0 Å². The zero-order chi connectivity index (χ0) is 23.8. The fourth-order valence-corrected chi connectivity index (χ4v) is 4.17. The average Bonchev–Trinajstić information content (AvgIpc) is 2.66. The molecule has 0 saturated heterocycles. The molecule has 0 fully saturated rings. The van der Waals surface area contributed by atoms with Crippen molar-refractivity contribution < 1.29 is 35.8 Å². The molecule has 11 nitrogen and oxygen atoms in total. The number of hydrogen-bond acceptors (Lipinski definition) is 8. The van der Waals surface area contributed by atoms with E-state index in [1.54, 1.807) is 31.2 Å². The van der Waals surface area contributed by atoms with Crippen LogP contribution in [0.3, 0.4) is 0 Å². The van der Waals surface area contributed by atoms with Crippen molar-refractivity contribution in [2.75, 3.05) is 5.32 Å². The van der Waals surface area contributed by atoms with Gasteiger partial charge in [-0.05, 0) is 42.1 Å². The Morgan fingerprint density at radius 1 is 0.941 bits per heavy atom. The average molecular weight is 525 g/mol. The first-order chi connectivity index (χ1) is 14.8. The number of benzene rings is 3. The smallest absolute Gasteiger partial charge is 0.296 e. The largest absolute Gasteiger partial charge is 0.505 e. The molecule has 2 radical (unpaired) electrons.